The summed E-state index contributed by atoms with van der Waals surface area (Å²) in [6.45, 7) is 1.25. The third kappa shape index (κ3) is 6.51. The molecule has 12 heavy (non-hydrogen) atoms. The van der Waals surface area contributed by atoms with Gasteiger partial charge in [0.2, 0.25) is 0 Å². The van der Waals surface area contributed by atoms with E-state index in [1.165, 1.54) is 0 Å². The molecule has 1 atom stereocenters. The molecule has 0 bridgehead atoms. The Morgan fingerprint density at radius 2 is 1.83 bits per heavy atom. The Balaban J connectivity index is 3.26. The van der Waals surface area contributed by atoms with Crippen LogP contribution < -0.4 is 0 Å². The van der Waals surface area contributed by atoms with E-state index in [0.717, 1.165) is 6.61 Å². The molecule has 0 aliphatic rings. The van der Waals surface area contributed by atoms with E-state index in [1.807, 2.05) is 0 Å². The molecule has 0 fully saturated rings. The van der Waals surface area contributed by atoms with Gasteiger partial charge in [0.05, 0.1) is 33.0 Å². The van der Waals surface area contributed by atoms with E-state index >= 15 is 0 Å². The van der Waals surface area contributed by atoms with Crippen molar-refractivity contribution in [1.82, 2.24) is 0 Å². The zero-order valence-electron chi connectivity index (χ0n) is 6.85. The molecule has 0 heterocycles. The second-order valence-corrected chi connectivity index (χ2v) is 2.08. The van der Waals surface area contributed by atoms with Crippen LogP contribution in [0.5, 0.6) is 0 Å². The van der Waals surface area contributed by atoms with Gasteiger partial charge in [-0.15, -0.1) is 0 Å². The molecule has 0 aliphatic carbocycles. The van der Waals surface area contributed by atoms with Crippen LogP contribution in [0.2, 0.25) is 0 Å². The smallest absolute Gasteiger partial charge is 0.111 e. The first kappa shape index (κ1) is 11.8. The molecule has 0 aliphatic heterocycles. The lowest BCUT2D eigenvalue weighted by molar-refractivity contribution is -0.0355. The fraction of sp³-hybridized carbons (Fsp3) is 0.857. The third-order valence-electron chi connectivity index (χ3n) is 1.11. The molecule has 73 valence electrons. The van der Waals surface area contributed by atoms with Gasteiger partial charge >= 0.3 is 0 Å². The van der Waals surface area contributed by atoms with E-state index in [-0.39, 0.29) is 33.0 Å². The first-order valence-corrected chi connectivity index (χ1v) is 3.73. The second kappa shape index (κ2) is 8.89. The quantitative estimate of drug-likeness (QED) is 0.412. The molecule has 0 aromatic heterocycles. The summed E-state index contributed by atoms with van der Waals surface area (Å²) in [7, 11) is 0. The first-order chi connectivity index (χ1) is 5.85. The summed E-state index contributed by atoms with van der Waals surface area (Å²) in [5, 5.41) is 25.3. The van der Waals surface area contributed by atoms with Crippen LogP contribution in [0.15, 0.2) is 0 Å². The minimum Gasteiger partial charge on any atom is -0.394 e. The predicted molar refractivity (Wildman–Crippen MR) is 41.0 cm³/mol. The molecule has 0 amide bonds. The molecule has 1 radical (unpaired) electrons. The van der Waals surface area contributed by atoms with Crippen molar-refractivity contribution in [3.63, 3.8) is 0 Å². The molecule has 0 spiro atoms. The van der Waals surface area contributed by atoms with Gasteiger partial charge in [-0.05, 0) is 0 Å². The number of aliphatic hydroxyl groups excluding tert-OH is 3. The third-order valence-corrected chi connectivity index (χ3v) is 1.11. The van der Waals surface area contributed by atoms with Crippen molar-refractivity contribution in [3.8, 4) is 0 Å². The Hall–Kier alpha value is -0.200. The molecule has 0 rings (SSSR count). The maximum absolute atomic E-state index is 8.58. The Labute approximate surface area is 71.5 Å². The van der Waals surface area contributed by atoms with Crippen LogP contribution in [0.3, 0.4) is 0 Å². The molecule has 0 aromatic carbocycles. The minimum absolute atomic E-state index is 0.0574. The van der Waals surface area contributed by atoms with Crippen molar-refractivity contribution in [1.29, 1.82) is 0 Å². The van der Waals surface area contributed by atoms with Gasteiger partial charge < -0.3 is 24.8 Å². The van der Waals surface area contributed by atoms with E-state index in [1.54, 1.807) is 0 Å². The molecule has 3 N–H and O–H groups in total. The first-order valence-electron chi connectivity index (χ1n) is 3.73. The number of aliphatic hydroxyl groups is 3. The summed E-state index contributed by atoms with van der Waals surface area (Å²) < 4.78 is 9.81. The van der Waals surface area contributed by atoms with Gasteiger partial charge in [0.25, 0.3) is 0 Å². The van der Waals surface area contributed by atoms with Crippen LogP contribution in [0.25, 0.3) is 0 Å². The van der Waals surface area contributed by atoms with E-state index in [9.17, 15) is 0 Å². The van der Waals surface area contributed by atoms with Gasteiger partial charge in [-0.3, -0.25) is 0 Å². The van der Waals surface area contributed by atoms with Crippen molar-refractivity contribution in [2.45, 2.75) is 6.10 Å². The predicted octanol–water partition coefficient (Wildman–Crippen LogP) is -1.09. The van der Waals surface area contributed by atoms with Gasteiger partial charge in [0.15, 0.2) is 0 Å². The monoisotopic (exact) mass is 179 g/mol. The zero-order valence-corrected chi connectivity index (χ0v) is 6.85. The number of hydrogen-bond acceptors (Lipinski definition) is 5. The van der Waals surface area contributed by atoms with Crippen molar-refractivity contribution < 1.29 is 24.8 Å². The summed E-state index contributed by atoms with van der Waals surface area (Å²) in [5.74, 6) is 0. The highest BCUT2D eigenvalue weighted by Crippen LogP contribution is 1.95. The molecule has 0 saturated carbocycles. The molecular weight excluding hydrogens is 164 g/mol. The van der Waals surface area contributed by atoms with Crippen molar-refractivity contribution in [2.75, 3.05) is 33.0 Å². The van der Waals surface area contributed by atoms with Gasteiger partial charge in [-0.2, -0.15) is 0 Å². The maximum Gasteiger partial charge on any atom is 0.111 e. The fourth-order valence-electron chi connectivity index (χ4n) is 0.602. The Bertz CT molecular complexity index is 87.9. The van der Waals surface area contributed by atoms with Gasteiger partial charge in [0, 0.05) is 0 Å². The molecule has 5 heteroatoms. The van der Waals surface area contributed by atoms with E-state index in [0.29, 0.717) is 0 Å². The highest BCUT2D eigenvalue weighted by Gasteiger charge is 2.07. The summed E-state index contributed by atoms with van der Waals surface area (Å²) in [4.78, 5) is 0. The molecule has 0 saturated heterocycles. The number of hydrogen-bond donors (Lipinski definition) is 3. The Morgan fingerprint density at radius 1 is 1.17 bits per heavy atom. The van der Waals surface area contributed by atoms with Crippen molar-refractivity contribution >= 4 is 0 Å². The second-order valence-electron chi connectivity index (χ2n) is 2.08. The topological polar surface area (TPSA) is 79.2 Å². The van der Waals surface area contributed by atoms with Crippen LogP contribution in [0, 0.1) is 6.61 Å². The highest BCUT2D eigenvalue weighted by molar-refractivity contribution is 4.64. The van der Waals surface area contributed by atoms with E-state index in [2.05, 4.69) is 0 Å². The minimum atomic E-state index is -0.538. The largest absolute Gasteiger partial charge is 0.394 e. The summed E-state index contributed by atoms with van der Waals surface area (Å²) in [6, 6.07) is 0. The van der Waals surface area contributed by atoms with Crippen molar-refractivity contribution in [2.24, 2.45) is 0 Å². The van der Waals surface area contributed by atoms with E-state index in [4.69, 9.17) is 24.8 Å². The fourth-order valence-corrected chi connectivity index (χ4v) is 0.602. The maximum atomic E-state index is 8.58. The molecule has 5 nitrogen and oxygen atoms in total. The van der Waals surface area contributed by atoms with Crippen LogP contribution in [0.4, 0.5) is 0 Å². The van der Waals surface area contributed by atoms with Gasteiger partial charge in [-0.25, -0.2) is 0 Å². The summed E-state index contributed by atoms with van der Waals surface area (Å²) in [6.07, 6.45) is -0.538. The van der Waals surface area contributed by atoms with Crippen LogP contribution in [-0.4, -0.2) is 54.5 Å². The van der Waals surface area contributed by atoms with Crippen LogP contribution in [-0.2, 0) is 9.47 Å². The highest BCUT2D eigenvalue weighted by atomic mass is 16.5. The van der Waals surface area contributed by atoms with Gasteiger partial charge in [-0.1, -0.05) is 0 Å². The normalized spacial score (nSPS) is 13.2. The molecule has 1 unspecified atom stereocenters. The van der Waals surface area contributed by atoms with Gasteiger partial charge in [0.1, 0.15) is 12.7 Å². The molecular formula is C7H15O5. The lowest BCUT2D eigenvalue weighted by atomic mass is 10.4. The average Bonchev–Trinajstić information content (AvgIpc) is 2.11. The Kier molecular flexibility index (Phi) is 8.74. The SMILES string of the molecule is O[CH]C(COCCO)OCCO. The molecule has 0 aromatic rings. The van der Waals surface area contributed by atoms with Crippen LogP contribution >= 0.6 is 0 Å². The lowest BCUT2D eigenvalue weighted by Gasteiger charge is -2.13. The number of rotatable bonds is 8. The van der Waals surface area contributed by atoms with Crippen LogP contribution in [0.1, 0.15) is 0 Å². The van der Waals surface area contributed by atoms with Crippen molar-refractivity contribution in [3.05, 3.63) is 6.61 Å². The van der Waals surface area contributed by atoms with E-state index < -0.39 is 6.10 Å². The average molecular weight is 179 g/mol. The number of ether oxygens (including phenoxy) is 2. The zero-order chi connectivity index (χ0) is 9.23. The summed E-state index contributed by atoms with van der Waals surface area (Å²) in [5.41, 5.74) is 0. The summed E-state index contributed by atoms with van der Waals surface area (Å²) >= 11 is 0. The lowest BCUT2D eigenvalue weighted by Crippen LogP contribution is -2.22. The standard InChI is InChI=1S/C7H15O5/c8-1-3-11-6-7(5-10)12-4-2-9/h5,7-10H,1-4,6H2. The Morgan fingerprint density at radius 3 is 2.33 bits per heavy atom.